The predicted octanol–water partition coefficient (Wildman–Crippen LogP) is 4.28. The molecule has 0 heterocycles. The van der Waals surface area contributed by atoms with Crippen molar-refractivity contribution in [3.05, 3.63) is 63.1 Å². The first-order valence-electron chi connectivity index (χ1n) is 7.58. The molecular weight excluding hydrogens is 406 g/mol. The van der Waals surface area contributed by atoms with Crippen LogP contribution in [0.3, 0.4) is 0 Å². The number of hydrazone groups is 1. The Hall–Kier alpha value is -2.18. The second-order valence-corrected chi connectivity index (χ2v) is 6.63. The second-order valence-electron chi connectivity index (χ2n) is 5.31. The Kier molecular flexibility index (Phi) is 7.16. The van der Waals surface area contributed by atoms with E-state index >= 15 is 0 Å². The van der Waals surface area contributed by atoms with Crippen molar-refractivity contribution in [2.45, 2.75) is 19.8 Å². The zero-order chi connectivity index (χ0) is 18.2. The highest BCUT2D eigenvalue weighted by atomic mass is 79.9. The molecule has 2 aromatic rings. The van der Waals surface area contributed by atoms with Crippen molar-refractivity contribution in [2.24, 2.45) is 5.10 Å². The topological polar surface area (TPSA) is 70.6 Å². The Morgan fingerprint density at radius 1 is 1.16 bits per heavy atom. The Labute approximate surface area is 159 Å². The number of carbonyl (C=O) groups is 2. The van der Waals surface area contributed by atoms with Crippen LogP contribution in [0.25, 0.3) is 0 Å². The van der Waals surface area contributed by atoms with Crippen LogP contribution < -0.4 is 10.7 Å². The Bertz CT molecular complexity index is 809. The summed E-state index contributed by atoms with van der Waals surface area (Å²) in [5.41, 5.74) is 4.69. The number of rotatable bonds is 6. The molecular formula is C18H17BrClN3O2. The molecule has 2 N–H and O–H groups in total. The van der Waals surface area contributed by atoms with Crippen LogP contribution >= 0.6 is 27.5 Å². The summed E-state index contributed by atoms with van der Waals surface area (Å²) in [6, 6.07) is 12.8. The summed E-state index contributed by atoms with van der Waals surface area (Å²) in [5.74, 6) is -0.583. The Morgan fingerprint density at radius 3 is 2.64 bits per heavy atom. The number of hydrogen-bond donors (Lipinski definition) is 2. The molecule has 2 rings (SSSR count). The van der Waals surface area contributed by atoms with Gasteiger partial charge in [0.05, 0.1) is 6.21 Å². The van der Waals surface area contributed by atoms with Crippen molar-refractivity contribution in [1.29, 1.82) is 0 Å². The first-order valence-corrected chi connectivity index (χ1v) is 8.75. The third kappa shape index (κ3) is 6.32. The lowest BCUT2D eigenvalue weighted by atomic mass is 10.2. The predicted molar refractivity (Wildman–Crippen MR) is 104 cm³/mol. The molecule has 0 bridgehead atoms. The highest BCUT2D eigenvalue weighted by Gasteiger charge is 2.09. The van der Waals surface area contributed by atoms with E-state index in [4.69, 9.17) is 11.6 Å². The van der Waals surface area contributed by atoms with Gasteiger partial charge in [0, 0.05) is 28.0 Å². The van der Waals surface area contributed by atoms with Crippen LogP contribution in [-0.2, 0) is 9.59 Å². The minimum Gasteiger partial charge on any atom is -0.326 e. The molecule has 0 saturated heterocycles. The molecule has 0 aliphatic carbocycles. The normalized spacial score (nSPS) is 10.7. The van der Waals surface area contributed by atoms with Gasteiger partial charge in [-0.15, -0.1) is 0 Å². The summed E-state index contributed by atoms with van der Waals surface area (Å²) in [4.78, 5) is 23.7. The van der Waals surface area contributed by atoms with Gasteiger partial charge in [0.15, 0.2) is 0 Å². The Balaban J connectivity index is 1.77. The first-order chi connectivity index (χ1) is 12.0. The lowest BCUT2D eigenvalue weighted by Crippen LogP contribution is -2.20. The number of halogens is 2. The van der Waals surface area contributed by atoms with Gasteiger partial charge in [-0.3, -0.25) is 9.59 Å². The maximum Gasteiger partial charge on any atom is 0.240 e. The highest BCUT2D eigenvalue weighted by molar-refractivity contribution is 9.10. The van der Waals surface area contributed by atoms with Crippen molar-refractivity contribution < 1.29 is 9.59 Å². The van der Waals surface area contributed by atoms with Crippen LogP contribution in [0.1, 0.15) is 24.0 Å². The largest absolute Gasteiger partial charge is 0.326 e. The molecule has 2 aromatic carbocycles. The van der Waals surface area contributed by atoms with Crippen LogP contribution in [-0.4, -0.2) is 18.0 Å². The minimum atomic E-state index is -0.329. The SMILES string of the molecule is Cc1c(Cl)cccc1NC(=O)CCC(=O)NN=Cc1cccc(Br)c1. The fraction of sp³-hybridized carbons (Fsp3) is 0.167. The number of anilines is 1. The summed E-state index contributed by atoms with van der Waals surface area (Å²) in [5, 5.41) is 7.20. The van der Waals surface area contributed by atoms with Gasteiger partial charge in [-0.05, 0) is 42.3 Å². The van der Waals surface area contributed by atoms with Gasteiger partial charge in [-0.2, -0.15) is 5.10 Å². The molecule has 7 heteroatoms. The maximum absolute atomic E-state index is 11.9. The number of hydrogen-bond acceptors (Lipinski definition) is 3. The molecule has 0 unspecified atom stereocenters. The third-order valence-electron chi connectivity index (χ3n) is 3.37. The van der Waals surface area contributed by atoms with Crippen LogP contribution in [0.4, 0.5) is 5.69 Å². The molecule has 5 nitrogen and oxygen atoms in total. The minimum absolute atomic E-state index is 0.0429. The summed E-state index contributed by atoms with van der Waals surface area (Å²) in [6.45, 7) is 1.82. The highest BCUT2D eigenvalue weighted by Crippen LogP contribution is 2.23. The Morgan fingerprint density at radius 2 is 1.88 bits per heavy atom. The average Bonchev–Trinajstić information content (AvgIpc) is 2.57. The first kappa shape index (κ1) is 19.1. The molecule has 25 heavy (non-hydrogen) atoms. The van der Waals surface area contributed by atoms with Gasteiger partial charge in [0.25, 0.3) is 0 Å². The van der Waals surface area contributed by atoms with Crippen LogP contribution in [0.2, 0.25) is 5.02 Å². The van der Waals surface area contributed by atoms with Crippen molar-refractivity contribution in [2.75, 3.05) is 5.32 Å². The van der Waals surface area contributed by atoms with E-state index in [2.05, 4.69) is 31.8 Å². The van der Waals surface area contributed by atoms with Crippen molar-refractivity contribution in [3.63, 3.8) is 0 Å². The van der Waals surface area contributed by atoms with E-state index in [1.807, 2.05) is 31.2 Å². The van der Waals surface area contributed by atoms with Crippen LogP contribution in [0, 0.1) is 6.92 Å². The monoisotopic (exact) mass is 421 g/mol. The summed E-state index contributed by atoms with van der Waals surface area (Å²) >= 11 is 9.37. The van der Waals surface area contributed by atoms with Crippen molar-refractivity contribution in [3.8, 4) is 0 Å². The smallest absolute Gasteiger partial charge is 0.240 e. The van der Waals surface area contributed by atoms with E-state index in [0.29, 0.717) is 10.7 Å². The lowest BCUT2D eigenvalue weighted by molar-refractivity contribution is -0.124. The maximum atomic E-state index is 11.9. The number of carbonyl (C=O) groups excluding carboxylic acids is 2. The van der Waals surface area contributed by atoms with E-state index in [-0.39, 0.29) is 24.7 Å². The molecule has 0 fully saturated rings. The standard InChI is InChI=1S/C18H17BrClN3O2/c1-12-15(20)6-3-7-16(12)22-17(24)8-9-18(25)23-21-11-13-4-2-5-14(19)10-13/h2-7,10-11H,8-9H2,1H3,(H,22,24)(H,23,25). The molecule has 0 atom stereocenters. The number of nitrogens with one attached hydrogen (secondary N) is 2. The third-order valence-corrected chi connectivity index (χ3v) is 4.28. The van der Waals surface area contributed by atoms with E-state index in [9.17, 15) is 9.59 Å². The fourth-order valence-corrected chi connectivity index (χ4v) is 2.60. The van der Waals surface area contributed by atoms with Gasteiger partial charge >= 0.3 is 0 Å². The molecule has 2 amide bonds. The van der Waals surface area contributed by atoms with Gasteiger partial charge in [-0.1, -0.05) is 45.7 Å². The van der Waals surface area contributed by atoms with Gasteiger partial charge < -0.3 is 5.32 Å². The lowest BCUT2D eigenvalue weighted by Gasteiger charge is -2.09. The van der Waals surface area contributed by atoms with E-state index in [1.165, 1.54) is 6.21 Å². The van der Waals surface area contributed by atoms with Gasteiger partial charge in [0.1, 0.15) is 0 Å². The molecule has 130 valence electrons. The molecule has 0 radical (unpaired) electrons. The number of benzene rings is 2. The molecule has 0 aliphatic heterocycles. The van der Waals surface area contributed by atoms with Gasteiger partial charge in [0.2, 0.25) is 11.8 Å². The van der Waals surface area contributed by atoms with Gasteiger partial charge in [-0.25, -0.2) is 5.43 Å². The van der Waals surface area contributed by atoms with E-state index in [1.54, 1.807) is 18.2 Å². The number of amides is 2. The second kappa shape index (κ2) is 9.34. The quantitative estimate of drug-likeness (QED) is 0.539. The summed E-state index contributed by atoms with van der Waals surface area (Å²) in [7, 11) is 0. The molecule has 0 aliphatic rings. The molecule has 0 spiro atoms. The zero-order valence-corrected chi connectivity index (χ0v) is 15.9. The molecule has 0 aromatic heterocycles. The van der Waals surface area contributed by atoms with E-state index in [0.717, 1.165) is 15.6 Å². The van der Waals surface area contributed by atoms with Crippen molar-refractivity contribution >= 4 is 51.2 Å². The molecule has 0 saturated carbocycles. The summed E-state index contributed by atoms with van der Waals surface area (Å²) < 4.78 is 0.927. The van der Waals surface area contributed by atoms with Crippen LogP contribution in [0.15, 0.2) is 52.0 Å². The van der Waals surface area contributed by atoms with E-state index < -0.39 is 0 Å². The fourth-order valence-electron chi connectivity index (χ4n) is 2.00. The van der Waals surface area contributed by atoms with Crippen LogP contribution in [0.5, 0.6) is 0 Å². The average molecular weight is 423 g/mol. The summed E-state index contributed by atoms with van der Waals surface area (Å²) in [6.07, 6.45) is 1.64. The zero-order valence-electron chi connectivity index (χ0n) is 13.6. The number of nitrogens with zero attached hydrogens (tertiary/aromatic N) is 1. The van der Waals surface area contributed by atoms with Crippen molar-refractivity contribution in [1.82, 2.24) is 5.43 Å².